The first-order chi connectivity index (χ1) is 22.3. The minimum Gasteiger partial charge on any atom is -0.504 e. The molecule has 0 unspecified atom stereocenters. The molecule has 1 spiro atoms. The zero-order chi connectivity index (χ0) is 33.8. The number of likely N-dealkylation sites (tertiary alicyclic amines) is 1. The number of phenols is 1. The number of hydrogen-bond acceptors (Lipinski definition) is 13. The molecule has 0 amide bonds. The van der Waals surface area contributed by atoms with Crippen molar-refractivity contribution in [3.63, 3.8) is 0 Å². The van der Waals surface area contributed by atoms with E-state index < -0.39 is 65.3 Å². The van der Waals surface area contributed by atoms with Gasteiger partial charge in [-0.2, -0.15) is 0 Å². The summed E-state index contributed by atoms with van der Waals surface area (Å²) in [7, 11) is 1.91. The molecule has 1 saturated heterocycles. The van der Waals surface area contributed by atoms with Gasteiger partial charge in [-0.05, 0) is 44.1 Å². The van der Waals surface area contributed by atoms with Gasteiger partial charge in [0.05, 0.1) is 11.0 Å². The number of aromatic hydroxyl groups is 1. The molecule has 2 aromatic rings. The first-order valence-electron chi connectivity index (χ1n) is 15.0. The van der Waals surface area contributed by atoms with Gasteiger partial charge in [0, 0.05) is 37.4 Å². The summed E-state index contributed by atoms with van der Waals surface area (Å²) in [6.45, 7) is 2.44. The number of esters is 4. The highest BCUT2D eigenvalue weighted by Crippen LogP contribution is 2.65. The van der Waals surface area contributed by atoms with Gasteiger partial charge in [0.1, 0.15) is 5.76 Å². The summed E-state index contributed by atoms with van der Waals surface area (Å²) in [5, 5.41) is 32.8. The molecule has 248 valence electrons. The van der Waals surface area contributed by atoms with E-state index >= 15 is 0 Å². The van der Waals surface area contributed by atoms with Crippen LogP contribution in [0.15, 0.2) is 54.3 Å². The van der Waals surface area contributed by atoms with Crippen molar-refractivity contribution in [3.05, 3.63) is 71.0 Å². The molecule has 4 aliphatic rings. The molecule has 2 aromatic carbocycles. The van der Waals surface area contributed by atoms with Crippen molar-refractivity contribution < 1.29 is 63.0 Å². The van der Waals surface area contributed by atoms with Crippen molar-refractivity contribution in [1.29, 1.82) is 0 Å². The summed E-state index contributed by atoms with van der Waals surface area (Å²) in [5.74, 6) is -6.59. The summed E-state index contributed by atoms with van der Waals surface area (Å²) in [6.07, 6.45) is -5.06. The Labute approximate surface area is 268 Å². The van der Waals surface area contributed by atoms with E-state index in [1.807, 2.05) is 7.05 Å². The Hall–Kier alpha value is -4.95. The number of piperidine rings is 1. The number of aliphatic carboxylic acids is 1. The fourth-order valence-electron chi connectivity index (χ4n) is 7.51. The van der Waals surface area contributed by atoms with Crippen LogP contribution in [0.25, 0.3) is 0 Å². The number of carbonyl (C=O) groups is 5. The van der Waals surface area contributed by atoms with Crippen molar-refractivity contribution in [2.24, 2.45) is 0 Å². The topological polar surface area (TPSA) is 195 Å². The molecule has 3 N–H and O–H groups in total. The van der Waals surface area contributed by atoms with Gasteiger partial charge >= 0.3 is 29.8 Å². The fourth-order valence-corrected chi connectivity index (χ4v) is 7.51. The standard InChI is InChI=1S/C33H33NO13/c1-16(35)43-26(27(44-17(2)36)31(41)47-24(29(38)39)18-7-5-4-6-8-18)30(40)45-21-11-12-33(42)22-15-19-9-10-20(37)25-23(19)32(33,28(21)46-25)13-14-34(22)3/h4-11,22,24,26-28,37,42H,12-15H2,1-3H3,(H,38,39)/t22-,24+,26+,27+,28+,32+,33-/m0/s1. The van der Waals surface area contributed by atoms with E-state index in [1.54, 1.807) is 12.1 Å². The Morgan fingerprint density at radius 3 is 2.26 bits per heavy atom. The molecule has 47 heavy (non-hydrogen) atoms. The number of likely N-dealkylation sites (N-methyl/N-ethyl adjacent to an activating group) is 1. The third kappa shape index (κ3) is 5.08. The highest BCUT2D eigenvalue weighted by atomic mass is 16.6. The summed E-state index contributed by atoms with van der Waals surface area (Å²) < 4.78 is 27.4. The number of carboxylic acids is 1. The number of carboxylic acid groups (broad SMARTS) is 1. The van der Waals surface area contributed by atoms with Gasteiger partial charge < -0.3 is 43.9 Å². The Bertz CT molecular complexity index is 1690. The van der Waals surface area contributed by atoms with Gasteiger partial charge in [-0.25, -0.2) is 14.4 Å². The van der Waals surface area contributed by atoms with Crippen LogP contribution in [-0.2, 0) is 54.8 Å². The molecular weight excluding hydrogens is 618 g/mol. The van der Waals surface area contributed by atoms with E-state index in [1.165, 1.54) is 36.4 Å². The van der Waals surface area contributed by atoms with Crippen LogP contribution in [0.5, 0.6) is 11.5 Å². The lowest BCUT2D eigenvalue weighted by Gasteiger charge is -2.61. The molecule has 0 saturated carbocycles. The second kappa shape index (κ2) is 11.7. The monoisotopic (exact) mass is 651 g/mol. The van der Waals surface area contributed by atoms with Gasteiger partial charge in [0.25, 0.3) is 0 Å². The first-order valence-corrected chi connectivity index (χ1v) is 15.0. The average Bonchev–Trinajstić information content (AvgIpc) is 3.38. The second-order valence-corrected chi connectivity index (χ2v) is 12.1. The number of aliphatic hydroxyl groups is 1. The first kappa shape index (κ1) is 32.0. The minimum atomic E-state index is -2.26. The van der Waals surface area contributed by atoms with E-state index in [2.05, 4.69) is 4.90 Å². The highest BCUT2D eigenvalue weighted by Gasteiger charge is 2.72. The van der Waals surface area contributed by atoms with Crippen LogP contribution in [0.4, 0.5) is 0 Å². The molecule has 1 fully saturated rings. The lowest BCUT2D eigenvalue weighted by molar-refractivity contribution is -0.195. The van der Waals surface area contributed by atoms with E-state index in [4.69, 9.17) is 23.7 Å². The molecule has 0 aromatic heterocycles. The summed E-state index contributed by atoms with van der Waals surface area (Å²) in [5.41, 5.74) is -0.906. The predicted octanol–water partition coefficient (Wildman–Crippen LogP) is 1.45. The van der Waals surface area contributed by atoms with Crippen molar-refractivity contribution in [2.45, 2.75) is 74.6 Å². The Kier molecular flexibility index (Phi) is 7.96. The molecule has 2 bridgehead atoms. The maximum Gasteiger partial charge on any atom is 0.357 e. The molecule has 2 aliphatic heterocycles. The number of benzene rings is 2. The molecule has 6 rings (SSSR count). The Morgan fingerprint density at radius 1 is 0.957 bits per heavy atom. The minimum absolute atomic E-state index is 0.0318. The number of carbonyl (C=O) groups excluding carboxylic acids is 4. The van der Waals surface area contributed by atoms with Gasteiger partial charge in [0.2, 0.25) is 18.3 Å². The zero-order valence-electron chi connectivity index (χ0n) is 25.7. The zero-order valence-corrected chi connectivity index (χ0v) is 25.7. The second-order valence-electron chi connectivity index (χ2n) is 12.1. The molecule has 0 radical (unpaired) electrons. The lowest BCUT2D eigenvalue weighted by atomic mass is 9.50. The van der Waals surface area contributed by atoms with Crippen LogP contribution in [-0.4, -0.2) is 93.6 Å². The molecule has 2 aliphatic carbocycles. The van der Waals surface area contributed by atoms with Gasteiger partial charge in [-0.3, -0.25) is 9.59 Å². The van der Waals surface area contributed by atoms with Crippen molar-refractivity contribution in [1.82, 2.24) is 4.90 Å². The number of nitrogens with zero attached hydrogens (tertiary/aromatic N) is 1. The quantitative estimate of drug-likeness (QED) is 0.260. The van der Waals surface area contributed by atoms with Gasteiger partial charge in [-0.15, -0.1) is 0 Å². The fraction of sp³-hybridized carbons (Fsp3) is 0.424. The highest BCUT2D eigenvalue weighted by molar-refractivity contribution is 5.90. The Balaban J connectivity index is 1.34. The van der Waals surface area contributed by atoms with Gasteiger partial charge in [-0.1, -0.05) is 36.4 Å². The summed E-state index contributed by atoms with van der Waals surface area (Å²) in [6, 6.07) is 10.4. The maximum atomic E-state index is 13.8. The molecule has 2 heterocycles. The van der Waals surface area contributed by atoms with Crippen molar-refractivity contribution in [2.75, 3.05) is 13.6 Å². The van der Waals surface area contributed by atoms with Crippen LogP contribution in [0, 0.1) is 0 Å². The van der Waals surface area contributed by atoms with Crippen LogP contribution in [0.3, 0.4) is 0 Å². The number of rotatable bonds is 9. The number of phenolic OH excluding ortho intramolecular Hbond substituents is 1. The number of ether oxygens (including phenoxy) is 5. The van der Waals surface area contributed by atoms with E-state index in [9.17, 15) is 39.3 Å². The largest absolute Gasteiger partial charge is 0.504 e. The molecular formula is C33H33NO13. The molecule has 14 nitrogen and oxygen atoms in total. The van der Waals surface area contributed by atoms with Crippen LogP contribution >= 0.6 is 0 Å². The van der Waals surface area contributed by atoms with Gasteiger partial charge in [0.15, 0.2) is 17.6 Å². The predicted molar refractivity (Wildman–Crippen MR) is 157 cm³/mol. The lowest BCUT2D eigenvalue weighted by Crippen LogP contribution is -2.74. The van der Waals surface area contributed by atoms with Crippen LogP contribution in [0.1, 0.15) is 49.5 Å². The maximum absolute atomic E-state index is 13.8. The third-order valence-corrected chi connectivity index (χ3v) is 9.46. The van der Waals surface area contributed by atoms with E-state index in [0.29, 0.717) is 24.9 Å². The normalized spacial score (nSPS) is 27.1. The van der Waals surface area contributed by atoms with Crippen LogP contribution in [0.2, 0.25) is 0 Å². The Morgan fingerprint density at radius 2 is 1.62 bits per heavy atom. The summed E-state index contributed by atoms with van der Waals surface area (Å²) in [4.78, 5) is 65.5. The van der Waals surface area contributed by atoms with E-state index in [0.717, 1.165) is 19.4 Å². The van der Waals surface area contributed by atoms with Crippen molar-refractivity contribution in [3.8, 4) is 11.5 Å². The molecule has 7 atom stereocenters. The van der Waals surface area contributed by atoms with Crippen LogP contribution < -0.4 is 4.74 Å². The third-order valence-electron chi connectivity index (χ3n) is 9.46. The van der Waals surface area contributed by atoms with Crippen molar-refractivity contribution >= 4 is 29.8 Å². The smallest absolute Gasteiger partial charge is 0.357 e. The average molecular weight is 652 g/mol. The summed E-state index contributed by atoms with van der Waals surface area (Å²) >= 11 is 0. The SMILES string of the molecule is CC(=O)O[C@@H](C(=O)OC1=CC[C@]2(O)[C@@H]3Cc4ccc(O)c5c4[C@]2(CCN3C)[C@@H]1O5)[C@@H](OC(C)=O)C(=O)O[C@@H](C(=O)O)c1ccccc1. The number of hydrogen-bond donors (Lipinski definition) is 3. The molecule has 14 heteroatoms. The van der Waals surface area contributed by atoms with E-state index in [-0.39, 0.29) is 35.3 Å².